The van der Waals surface area contributed by atoms with E-state index in [1.54, 1.807) is 0 Å². The first-order valence-corrected chi connectivity index (χ1v) is 8.55. The molecule has 0 fully saturated rings. The third-order valence-electron chi connectivity index (χ3n) is 2.60. The Balaban J connectivity index is -0.000000187. The van der Waals surface area contributed by atoms with Crippen LogP contribution in [0, 0.1) is 10.8 Å². The van der Waals surface area contributed by atoms with Crippen LogP contribution >= 0.6 is 0 Å². The zero-order chi connectivity index (χ0) is 17.2. The van der Waals surface area contributed by atoms with Gasteiger partial charge in [-0.05, 0) is 18.9 Å². The smallest absolute Gasteiger partial charge is 0.0529 e. The number of hydrogen-bond donors (Lipinski definition) is 1. The number of nitrogens with one attached hydrogen (secondary N) is 1. The van der Waals surface area contributed by atoms with E-state index in [0.29, 0.717) is 5.41 Å². The van der Waals surface area contributed by atoms with Crippen molar-refractivity contribution in [3.8, 4) is 0 Å². The predicted molar refractivity (Wildman–Crippen MR) is 96.6 cm³/mol. The molecule has 0 unspecified atom stereocenters. The van der Waals surface area contributed by atoms with Gasteiger partial charge in [0.05, 0.1) is 13.2 Å². The highest BCUT2D eigenvalue weighted by Crippen LogP contribution is 2.21. The van der Waals surface area contributed by atoms with Gasteiger partial charge in [-0.2, -0.15) is 0 Å². The molecule has 0 radical (unpaired) electrons. The van der Waals surface area contributed by atoms with Crippen molar-refractivity contribution in [3.63, 3.8) is 0 Å². The maximum absolute atomic E-state index is 5.77. The normalized spacial score (nSPS) is 10.2. The predicted octanol–water partition coefficient (Wildman–Crippen LogP) is 5.76. The van der Waals surface area contributed by atoms with Crippen molar-refractivity contribution < 1.29 is 4.74 Å². The zero-order valence-corrected chi connectivity index (χ0v) is 16.7. The average molecular weight is 292 g/mol. The summed E-state index contributed by atoms with van der Waals surface area (Å²) in [5.74, 6) is 0. The molecule has 20 heavy (non-hydrogen) atoms. The summed E-state index contributed by atoms with van der Waals surface area (Å²) in [6, 6.07) is 0. The Hall–Kier alpha value is -0.0800. The van der Waals surface area contributed by atoms with Crippen LogP contribution in [0.15, 0.2) is 0 Å². The van der Waals surface area contributed by atoms with Crippen molar-refractivity contribution in [2.75, 3.05) is 26.8 Å². The molecule has 0 aromatic carbocycles. The van der Waals surface area contributed by atoms with E-state index in [2.05, 4.69) is 39.9 Å². The van der Waals surface area contributed by atoms with Gasteiger partial charge in [0, 0.05) is 12.0 Å². The molecule has 128 valence electrons. The van der Waals surface area contributed by atoms with Crippen molar-refractivity contribution in [3.05, 3.63) is 0 Å². The quantitative estimate of drug-likeness (QED) is 0.643. The molecule has 0 saturated carbocycles. The van der Waals surface area contributed by atoms with Crippen LogP contribution in [0.3, 0.4) is 0 Å². The van der Waals surface area contributed by atoms with Gasteiger partial charge in [-0.15, -0.1) is 0 Å². The Bertz CT molecular complexity index is 153. The van der Waals surface area contributed by atoms with E-state index in [0.717, 1.165) is 19.8 Å². The molecule has 0 aliphatic carbocycles. The fourth-order valence-electron chi connectivity index (χ4n) is 1.24. The highest BCUT2D eigenvalue weighted by atomic mass is 16.5. The summed E-state index contributed by atoms with van der Waals surface area (Å²) in [7, 11) is 1.98. The molecule has 0 spiro atoms. The monoisotopic (exact) mass is 291 g/mol. The first-order valence-electron chi connectivity index (χ1n) is 8.55. The minimum atomic E-state index is 0.235. The van der Waals surface area contributed by atoms with Gasteiger partial charge >= 0.3 is 0 Å². The van der Waals surface area contributed by atoms with Crippen molar-refractivity contribution in [2.45, 2.75) is 82.6 Å². The van der Waals surface area contributed by atoms with Gasteiger partial charge in [-0.25, -0.2) is 0 Å². The molecule has 2 nitrogen and oxygen atoms in total. The van der Waals surface area contributed by atoms with Crippen LogP contribution in [0.25, 0.3) is 0 Å². The standard InChI is InChI=1S/C12H27NO.3C2H6/c1-7-11(2,3)9-14-10-12(4,5)8-13-6;3*1-2/h13H,7-10H2,1-6H3;3*1-2H3. The van der Waals surface area contributed by atoms with Gasteiger partial charge in [0.15, 0.2) is 0 Å². The van der Waals surface area contributed by atoms with Crippen LogP contribution in [-0.4, -0.2) is 26.8 Å². The minimum absolute atomic E-state index is 0.235. The van der Waals surface area contributed by atoms with Gasteiger partial charge in [-0.3, -0.25) is 0 Å². The number of rotatable bonds is 7. The molecule has 0 aliphatic heterocycles. The summed E-state index contributed by atoms with van der Waals surface area (Å²) >= 11 is 0. The minimum Gasteiger partial charge on any atom is -0.380 e. The van der Waals surface area contributed by atoms with E-state index in [4.69, 9.17) is 4.74 Å². The fraction of sp³-hybridized carbons (Fsp3) is 1.00. The second-order valence-corrected chi connectivity index (χ2v) is 5.71. The van der Waals surface area contributed by atoms with E-state index < -0.39 is 0 Å². The summed E-state index contributed by atoms with van der Waals surface area (Å²) in [4.78, 5) is 0. The summed E-state index contributed by atoms with van der Waals surface area (Å²) in [6.45, 7) is 25.8. The van der Waals surface area contributed by atoms with Crippen LogP contribution in [0.1, 0.15) is 82.6 Å². The SMILES string of the molecule is CC.CC.CC.CCC(C)(C)COCC(C)(C)CNC. The lowest BCUT2D eigenvalue weighted by Gasteiger charge is -2.28. The molecule has 0 aliphatic rings. The van der Waals surface area contributed by atoms with Gasteiger partial charge in [-0.1, -0.05) is 76.2 Å². The molecule has 0 atom stereocenters. The number of hydrogen-bond acceptors (Lipinski definition) is 2. The molecule has 0 aromatic rings. The highest BCUT2D eigenvalue weighted by molar-refractivity contribution is 4.71. The van der Waals surface area contributed by atoms with Crippen LogP contribution < -0.4 is 5.32 Å². The van der Waals surface area contributed by atoms with Gasteiger partial charge < -0.3 is 10.1 Å². The molecule has 0 rings (SSSR count). The summed E-state index contributed by atoms with van der Waals surface area (Å²) in [5.41, 5.74) is 0.550. The van der Waals surface area contributed by atoms with Crippen LogP contribution in [0.5, 0.6) is 0 Å². The lowest BCUT2D eigenvalue weighted by atomic mass is 9.91. The first kappa shape index (κ1) is 28.1. The highest BCUT2D eigenvalue weighted by Gasteiger charge is 2.20. The van der Waals surface area contributed by atoms with E-state index >= 15 is 0 Å². The van der Waals surface area contributed by atoms with E-state index in [1.807, 2.05) is 48.6 Å². The maximum atomic E-state index is 5.77. The second-order valence-electron chi connectivity index (χ2n) is 5.71. The van der Waals surface area contributed by atoms with E-state index in [1.165, 1.54) is 6.42 Å². The van der Waals surface area contributed by atoms with E-state index in [-0.39, 0.29) is 5.41 Å². The van der Waals surface area contributed by atoms with Crippen molar-refractivity contribution in [1.82, 2.24) is 5.32 Å². The maximum Gasteiger partial charge on any atom is 0.0529 e. The Morgan fingerprint density at radius 3 is 1.40 bits per heavy atom. The van der Waals surface area contributed by atoms with Crippen molar-refractivity contribution in [1.29, 1.82) is 0 Å². The molecule has 0 bridgehead atoms. The van der Waals surface area contributed by atoms with E-state index in [9.17, 15) is 0 Å². The molecule has 0 aromatic heterocycles. The van der Waals surface area contributed by atoms with Crippen molar-refractivity contribution >= 4 is 0 Å². The van der Waals surface area contributed by atoms with Crippen molar-refractivity contribution in [2.24, 2.45) is 10.8 Å². The average Bonchev–Trinajstić information content (AvgIpc) is 2.45. The molecule has 2 heteroatoms. The molecule has 0 saturated heterocycles. The molecule has 1 N–H and O–H groups in total. The Labute approximate surface area is 131 Å². The molecular formula is C18H45NO. The first-order chi connectivity index (χ1) is 9.33. The van der Waals surface area contributed by atoms with Crippen LogP contribution in [0.4, 0.5) is 0 Å². The lowest BCUT2D eigenvalue weighted by molar-refractivity contribution is 0.0148. The summed E-state index contributed by atoms with van der Waals surface area (Å²) in [6.07, 6.45) is 1.17. The molecule has 0 heterocycles. The van der Waals surface area contributed by atoms with Gasteiger partial charge in [0.25, 0.3) is 0 Å². The zero-order valence-electron chi connectivity index (χ0n) is 16.7. The lowest BCUT2D eigenvalue weighted by Crippen LogP contribution is -2.32. The summed E-state index contributed by atoms with van der Waals surface area (Å²) < 4.78 is 5.77. The van der Waals surface area contributed by atoms with Gasteiger partial charge in [0.2, 0.25) is 0 Å². The Morgan fingerprint density at radius 1 is 0.750 bits per heavy atom. The Kier molecular flexibility index (Phi) is 26.6. The largest absolute Gasteiger partial charge is 0.380 e. The Morgan fingerprint density at radius 2 is 1.10 bits per heavy atom. The van der Waals surface area contributed by atoms with Crippen LogP contribution in [0.2, 0.25) is 0 Å². The van der Waals surface area contributed by atoms with Crippen LogP contribution in [-0.2, 0) is 4.74 Å². The summed E-state index contributed by atoms with van der Waals surface area (Å²) in [5, 5.41) is 3.19. The van der Waals surface area contributed by atoms with Gasteiger partial charge in [0.1, 0.15) is 0 Å². The third kappa shape index (κ3) is 23.0. The third-order valence-corrected chi connectivity index (χ3v) is 2.60. The topological polar surface area (TPSA) is 21.3 Å². The fourth-order valence-corrected chi connectivity index (χ4v) is 1.24. The molecular weight excluding hydrogens is 246 g/mol. The second kappa shape index (κ2) is 18.9. The molecule has 0 amide bonds. The number of ether oxygens (including phenoxy) is 1.